The maximum Gasteiger partial charge on any atom is 0.228 e. The fourth-order valence-electron chi connectivity index (χ4n) is 3.47. The van der Waals surface area contributed by atoms with Crippen LogP contribution in [0.2, 0.25) is 0 Å². The largest absolute Gasteiger partial charge is 0.395 e. The first-order valence-corrected chi connectivity index (χ1v) is 7.05. The van der Waals surface area contributed by atoms with Crippen LogP contribution in [0.4, 0.5) is 0 Å². The lowest BCUT2D eigenvalue weighted by atomic mass is 9.88. The number of hydrogen-bond acceptors (Lipinski definition) is 4. The van der Waals surface area contributed by atoms with Crippen molar-refractivity contribution in [3.05, 3.63) is 0 Å². The second-order valence-corrected chi connectivity index (χ2v) is 5.61. The van der Waals surface area contributed by atoms with Crippen molar-refractivity contribution < 1.29 is 14.6 Å². The summed E-state index contributed by atoms with van der Waals surface area (Å²) in [5.74, 6) is 0.416. The Hall–Kier alpha value is -0.650. The van der Waals surface area contributed by atoms with E-state index in [9.17, 15) is 4.79 Å². The fourth-order valence-corrected chi connectivity index (χ4v) is 3.47. The van der Waals surface area contributed by atoms with E-state index in [2.05, 4.69) is 4.90 Å². The normalized spacial score (nSPS) is 36.3. The summed E-state index contributed by atoms with van der Waals surface area (Å²) in [4.78, 5) is 16.6. The summed E-state index contributed by atoms with van der Waals surface area (Å²) in [6.45, 7) is 4.29. The number of β-amino-alcohol motifs (C(OH)–C–C–N with tert-alkyl or cyclic N) is 1. The van der Waals surface area contributed by atoms with E-state index in [-0.39, 0.29) is 18.6 Å². The van der Waals surface area contributed by atoms with Crippen LogP contribution in [-0.4, -0.2) is 72.4 Å². The van der Waals surface area contributed by atoms with Gasteiger partial charge in [-0.3, -0.25) is 9.69 Å². The third-order valence-corrected chi connectivity index (χ3v) is 4.52. The molecule has 3 aliphatic rings. The van der Waals surface area contributed by atoms with Crippen molar-refractivity contribution in [1.82, 2.24) is 9.80 Å². The highest BCUT2D eigenvalue weighted by atomic mass is 16.5. The first kappa shape index (κ1) is 12.4. The molecule has 5 nitrogen and oxygen atoms in total. The lowest BCUT2D eigenvalue weighted by molar-refractivity contribution is -0.139. The third kappa shape index (κ3) is 2.27. The summed E-state index contributed by atoms with van der Waals surface area (Å²) in [5.41, 5.74) is 0. The molecule has 3 rings (SSSR count). The van der Waals surface area contributed by atoms with Crippen molar-refractivity contribution in [2.24, 2.45) is 5.92 Å². The van der Waals surface area contributed by atoms with Crippen LogP contribution in [0.15, 0.2) is 0 Å². The first-order valence-electron chi connectivity index (χ1n) is 7.05. The number of aliphatic hydroxyl groups excluding tert-OH is 1. The van der Waals surface area contributed by atoms with Crippen molar-refractivity contribution in [1.29, 1.82) is 0 Å². The van der Waals surface area contributed by atoms with Gasteiger partial charge in [-0.15, -0.1) is 0 Å². The van der Waals surface area contributed by atoms with Crippen molar-refractivity contribution in [3.8, 4) is 0 Å². The van der Waals surface area contributed by atoms with E-state index in [0.717, 1.165) is 52.0 Å². The third-order valence-electron chi connectivity index (χ3n) is 4.52. The van der Waals surface area contributed by atoms with Gasteiger partial charge < -0.3 is 14.7 Å². The standard InChI is InChI=1S/C13H22N2O3/c16-8-7-14-3-5-15(6-4-14)13(17)11-9-10-1-2-12(11)18-10/h10-12,16H,1-9H2. The van der Waals surface area contributed by atoms with Gasteiger partial charge in [-0.25, -0.2) is 0 Å². The van der Waals surface area contributed by atoms with Crippen molar-refractivity contribution in [3.63, 3.8) is 0 Å². The minimum absolute atomic E-state index is 0.119. The van der Waals surface area contributed by atoms with Gasteiger partial charge in [-0.05, 0) is 19.3 Å². The van der Waals surface area contributed by atoms with Gasteiger partial charge in [-0.2, -0.15) is 0 Å². The summed E-state index contributed by atoms with van der Waals surface area (Å²) in [7, 11) is 0. The highest BCUT2D eigenvalue weighted by Gasteiger charge is 2.45. The molecule has 1 N–H and O–H groups in total. The lowest BCUT2D eigenvalue weighted by Gasteiger charge is -2.36. The molecule has 3 saturated heterocycles. The number of fused-ring (bicyclic) bond motifs is 2. The Morgan fingerprint density at radius 3 is 2.56 bits per heavy atom. The zero-order valence-electron chi connectivity index (χ0n) is 10.8. The van der Waals surface area contributed by atoms with Crippen LogP contribution < -0.4 is 0 Å². The molecule has 2 bridgehead atoms. The molecule has 3 heterocycles. The number of aliphatic hydroxyl groups is 1. The molecule has 0 spiro atoms. The average Bonchev–Trinajstić information content (AvgIpc) is 3.01. The molecule has 0 radical (unpaired) electrons. The van der Waals surface area contributed by atoms with Gasteiger partial charge >= 0.3 is 0 Å². The Kier molecular flexibility index (Phi) is 3.54. The molecule has 0 aromatic heterocycles. The number of carbonyl (C=O) groups is 1. The van der Waals surface area contributed by atoms with Gasteiger partial charge in [0.05, 0.1) is 24.7 Å². The smallest absolute Gasteiger partial charge is 0.228 e. The van der Waals surface area contributed by atoms with E-state index < -0.39 is 0 Å². The van der Waals surface area contributed by atoms with Crippen LogP contribution in [0, 0.1) is 5.92 Å². The summed E-state index contributed by atoms with van der Waals surface area (Å²) < 4.78 is 5.77. The minimum Gasteiger partial charge on any atom is -0.395 e. The molecule has 0 aromatic carbocycles. The maximum absolute atomic E-state index is 12.4. The van der Waals surface area contributed by atoms with Gasteiger partial charge in [0, 0.05) is 32.7 Å². The van der Waals surface area contributed by atoms with E-state index in [1.54, 1.807) is 0 Å². The molecule has 18 heavy (non-hydrogen) atoms. The molecule has 3 unspecified atom stereocenters. The summed E-state index contributed by atoms with van der Waals surface area (Å²) in [6.07, 6.45) is 3.67. The number of nitrogens with zero attached hydrogens (tertiary/aromatic N) is 2. The zero-order valence-corrected chi connectivity index (χ0v) is 10.8. The van der Waals surface area contributed by atoms with Crippen LogP contribution >= 0.6 is 0 Å². The number of piperazine rings is 1. The van der Waals surface area contributed by atoms with E-state index in [1.165, 1.54) is 0 Å². The molecule has 5 heteroatoms. The van der Waals surface area contributed by atoms with Crippen LogP contribution in [0.1, 0.15) is 19.3 Å². The maximum atomic E-state index is 12.4. The van der Waals surface area contributed by atoms with E-state index in [1.807, 2.05) is 4.90 Å². The Morgan fingerprint density at radius 2 is 2.00 bits per heavy atom. The summed E-state index contributed by atoms with van der Waals surface area (Å²) in [6, 6.07) is 0. The molecule has 0 aromatic rings. The van der Waals surface area contributed by atoms with Crippen molar-refractivity contribution in [2.75, 3.05) is 39.3 Å². The van der Waals surface area contributed by atoms with E-state index >= 15 is 0 Å². The highest BCUT2D eigenvalue weighted by Crippen LogP contribution is 2.39. The van der Waals surface area contributed by atoms with Gasteiger partial charge in [0.2, 0.25) is 5.91 Å². The molecule has 3 atom stereocenters. The van der Waals surface area contributed by atoms with Crippen molar-refractivity contribution >= 4 is 5.91 Å². The Bertz CT molecular complexity index is 315. The molecule has 102 valence electrons. The monoisotopic (exact) mass is 254 g/mol. The van der Waals surface area contributed by atoms with Crippen LogP contribution in [0.3, 0.4) is 0 Å². The minimum atomic E-state index is 0.119. The van der Waals surface area contributed by atoms with Crippen LogP contribution in [0.5, 0.6) is 0 Å². The summed E-state index contributed by atoms with van der Waals surface area (Å²) >= 11 is 0. The van der Waals surface area contributed by atoms with Crippen molar-refractivity contribution in [2.45, 2.75) is 31.5 Å². The number of ether oxygens (including phenoxy) is 1. The molecule has 0 saturated carbocycles. The number of hydrogen-bond donors (Lipinski definition) is 1. The zero-order chi connectivity index (χ0) is 12.5. The molecule has 0 aliphatic carbocycles. The molecular formula is C13H22N2O3. The quantitative estimate of drug-likeness (QED) is 0.751. The Labute approximate surface area is 108 Å². The number of carbonyl (C=O) groups excluding carboxylic acids is 1. The van der Waals surface area contributed by atoms with Gasteiger partial charge in [0.15, 0.2) is 0 Å². The van der Waals surface area contributed by atoms with Gasteiger partial charge in [-0.1, -0.05) is 0 Å². The second-order valence-electron chi connectivity index (χ2n) is 5.61. The van der Waals surface area contributed by atoms with E-state index in [4.69, 9.17) is 9.84 Å². The molecular weight excluding hydrogens is 232 g/mol. The Morgan fingerprint density at radius 1 is 1.22 bits per heavy atom. The fraction of sp³-hybridized carbons (Fsp3) is 0.923. The van der Waals surface area contributed by atoms with E-state index in [0.29, 0.717) is 12.0 Å². The average molecular weight is 254 g/mol. The van der Waals surface area contributed by atoms with Crippen LogP contribution in [-0.2, 0) is 9.53 Å². The molecule has 1 amide bonds. The lowest BCUT2D eigenvalue weighted by Crippen LogP contribution is -2.51. The predicted molar refractivity (Wildman–Crippen MR) is 66.1 cm³/mol. The van der Waals surface area contributed by atoms with Gasteiger partial charge in [0.1, 0.15) is 0 Å². The summed E-state index contributed by atoms with van der Waals surface area (Å²) in [5, 5.41) is 8.90. The SMILES string of the molecule is O=C(C1CC2CCC1O2)N1CCN(CCO)CC1. The Balaban J connectivity index is 1.52. The predicted octanol–water partition coefficient (Wildman–Crippen LogP) is -0.310. The first-order chi connectivity index (χ1) is 8.78. The molecule has 3 aliphatic heterocycles. The topological polar surface area (TPSA) is 53.0 Å². The van der Waals surface area contributed by atoms with Crippen LogP contribution in [0.25, 0.3) is 0 Å². The second kappa shape index (κ2) is 5.15. The number of rotatable bonds is 3. The highest BCUT2D eigenvalue weighted by molar-refractivity contribution is 5.80. The number of amides is 1. The van der Waals surface area contributed by atoms with Gasteiger partial charge in [0.25, 0.3) is 0 Å². The molecule has 3 fully saturated rings.